The van der Waals surface area contributed by atoms with Crippen LogP contribution in [0.2, 0.25) is 0 Å². The Morgan fingerprint density at radius 3 is 2.68 bits per heavy atom. The zero-order chi connectivity index (χ0) is 24.0. The van der Waals surface area contributed by atoms with E-state index in [0.29, 0.717) is 36.8 Å². The first-order valence-electron chi connectivity index (χ1n) is 10.6. The molecule has 2 amide bonds. The molecule has 1 saturated heterocycles. The van der Waals surface area contributed by atoms with Gasteiger partial charge in [0.2, 0.25) is 5.91 Å². The summed E-state index contributed by atoms with van der Waals surface area (Å²) >= 11 is 0. The number of nitrogens with one attached hydrogen (secondary N) is 1. The number of halogens is 4. The van der Waals surface area contributed by atoms with Gasteiger partial charge in [0.15, 0.2) is 0 Å². The van der Waals surface area contributed by atoms with E-state index in [2.05, 4.69) is 15.4 Å². The highest BCUT2D eigenvalue weighted by atomic mass is 19.4. The molecule has 176 valence electrons. The van der Waals surface area contributed by atoms with E-state index in [1.165, 1.54) is 0 Å². The van der Waals surface area contributed by atoms with Crippen LogP contribution in [0.4, 0.5) is 17.6 Å². The quantitative estimate of drug-likeness (QED) is 0.588. The Balaban J connectivity index is 1.19. The Bertz CT molecular complexity index is 1320. The van der Waals surface area contributed by atoms with E-state index in [0.717, 1.165) is 23.2 Å². The van der Waals surface area contributed by atoms with Gasteiger partial charge in [-0.15, -0.1) is 5.10 Å². The Hall–Kier alpha value is -3.76. The molecule has 2 aliphatic heterocycles. The number of benzene rings is 2. The van der Waals surface area contributed by atoms with Gasteiger partial charge in [-0.25, -0.2) is 4.39 Å². The van der Waals surface area contributed by atoms with Gasteiger partial charge in [0.1, 0.15) is 11.3 Å². The second-order valence-corrected chi connectivity index (χ2v) is 8.48. The molecule has 3 heterocycles. The van der Waals surface area contributed by atoms with Gasteiger partial charge >= 0.3 is 6.18 Å². The second-order valence-electron chi connectivity index (χ2n) is 8.48. The maximum absolute atomic E-state index is 14.0. The molecule has 0 radical (unpaired) electrons. The van der Waals surface area contributed by atoms with E-state index in [4.69, 9.17) is 0 Å². The van der Waals surface area contributed by atoms with Gasteiger partial charge in [-0.3, -0.25) is 14.7 Å². The van der Waals surface area contributed by atoms with Crippen molar-refractivity contribution in [1.29, 1.82) is 0 Å². The summed E-state index contributed by atoms with van der Waals surface area (Å²) < 4.78 is 52.1. The van der Waals surface area contributed by atoms with Crippen LogP contribution in [0.3, 0.4) is 0 Å². The molecule has 1 N–H and O–H groups in total. The van der Waals surface area contributed by atoms with Crippen molar-refractivity contribution >= 4 is 22.8 Å². The largest absolute Gasteiger partial charge is 0.416 e. The van der Waals surface area contributed by atoms with Crippen LogP contribution >= 0.6 is 0 Å². The van der Waals surface area contributed by atoms with Gasteiger partial charge in [-0.1, -0.05) is 11.3 Å². The van der Waals surface area contributed by atoms with Crippen LogP contribution in [0.25, 0.3) is 11.0 Å². The molecular weight excluding hydrogens is 454 g/mol. The summed E-state index contributed by atoms with van der Waals surface area (Å²) in [5, 5.41) is 10.4. The van der Waals surface area contributed by atoms with Gasteiger partial charge in [0.25, 0.3) is 5.91 Å². The van der Waals surface area contributed by atoms with Crippen molar-refractivity contribution in [3.8, 4) is 0 Å². The molecule has 0 saturated carbocycles. The topological polar surface area (TPSA) is 82.2 Å². The third-order valence-corrected chi connectivity index (χ3v) is 6.25. The second kappa shape index (κ2) is 8.23. The Labute approximate surface area is 191 Å². The van der Waals surface area contributed by atoms with E-state index in [9.17, 15) is 27.2 Å². The lowest BCUT2D eigenvalue weighted by molar-refractivity contribution is -0.137. The van der Waals surface area contributed by atoms with Crippen molar-refractivity contribution in [2.45, 2.75) is 19.0 Å². The standard InChI is InChI=1S/C23H19F4N5O2/c24-18-8-17(23(25,26)27)4-1-13(18)3-6-21(33)31-9-15-11-32(12-16(15)10-31)22(34)14-2-5-19-20(7-14)29-30-28-19/h1-2,4-5,7-8,11,16H,3,6,9-10,12H2,(H,28,29,30)/t16-/m1/s1. The van der Waals surface area contributed by atoms with Gasteiger partial charge in [-0.2, -0.15) is 13.2 Å². The molecule has 1 aromatic heterocycles. The van der Waals surface area contributed by atoms with Gasteiger partial charge in [0, 0.05) is 43.7 Å². The summed E-state index contributed by atoms with van der Waals surface area (Å²) in [4.78, 5) is 28.8. The molecular formula is C23H19F4N5O2. The van der Waals surface area contributed by atoms with E-state index in [-0.39, 0.29) is 36.1 Å². The maximum Gasteiger partial charge on any atom is 0.416 e. The van der Waals surface area contributed by atoms with E-state index in [1.807, 2.05) is 0 Å². The predicted octanol–water partition coefficient (Wildman–Crippen LogP) is 3.55. The first-order valence-corrected chi connectivity index (χ1v) is 10.6. The molecule has 5 rings (SSSR count). The molecule has 2 aliphatic rings. The van der Waals surface area contributed by atoms with Crippen LogP contribution in [0, 0.1) is 11.7 Å². The number of carbonyl (C=O) groups excluding carboxylic acids is 2. The fourth-order valence-electron chi connectivity index (χ4n) is 4.41. The van der Waals surface area contributed by atoms with Gasteiger partial charge in [-0.05, 0) is 47.9 Å². The summed E-state index contributed by atoms with van der Waals surface area (Å²) in [6.07, 6.45) is -2.85. The fourth-order valence-corrected chi connectivity index (χ4v) is 4.41. The number of fused-ring (bicyclic) bond motifs is 2. The summed E-state index contributed by atoms with van der Waals surface area (Å²) in [5.74, 6) is -1.32. The molecule has 0 bridgehead atoms. The van der Waals surface area contributed by atoms with Crippen molar-refractivity contribution in [3.63, 3.8) is 0 Å². The normalized spacial score (nSPS) is 17.9. The molecule has 3 aromatic rings. The highest BCUT2D eigenvalue weighted by molar-refractivity contribution is 5.98. The monoisotopic (exact) mass is 473 g/mol. The van der Waals surface area contributed by atoms with Crippen LogP contribution in [0.5, 0.6) is 0 Å². The fraction of sp³-hybridized carbons (Fsp3) is 0.304. The molecule has 7 nitrogen and oxygen atoms in total. The Morgan fingerprint density at radius 2 is 1.94 bits per heavy atom. The van der Waals surface area contributed by atoms with Crippen LogP contribution in [-0.2, 0) is 17.4 Å². The molecule has 1 atom stereocenters. The van der Waals surface area contributed by atoms with E-state index in [1.54, 1.807) is 34.2 Å². The van der Waals surface area contributed by atoms with Crippen molar-refractivity contribution in [2.75, 3.05) is 19.6 Å². The number of aryl methyl sites for hydroxylation is 1. The van der Waals surface area contributed by atoms with Crippen LogP contribution in [0.1, 0.15) is 27.9 Å². The Morgan fingerprint density at radius 1 is 1.12 bits per heavy atom. The zero-order valence-electron chi connectivity index (χ0n) is 17.8. The number of likely N-dealkylation sites (tertiary alicyclic amines) is 1. The average Bonchev–Trinajstić information content (AvgIpc) is 3.51. The van der Waals surface area contributed by atoms with Crippen molar-refractivity contribution in [1.82, 2.24) is 25.2 Å². The lowest BCUT2D eigenvalue weighted by Gasteiger charge is -2.20. The van der Waals surface area contributed by atoms with Gasteiger partial charge in [0.05, 0.1) is 11.1 Å². The number of alkyl halides is 3. The number of rotatable bonds is 4. The predicted molar refractivity (Wildman–Crippen MR) is 113 cm³/mol. The van der Waals surface area contributed by atoms with Crippen molar-refractivity contribution < 1.29 is 27.2 Å². The number of nitrogens with zero attached hydrogens (tertiary/aromatic N) is 4. The third-order valence-electron chi connectivity index (χ3n) is 6.25. The summed E-state index contributed by atoms with van der Waals surface area (Å²) in [6, 6.07) is 7.47. The number of hydrogen-bond acceptors (Lipinski definition) is 4. The zero-order valence-corrected chi connectivity index (χ0v) is 17.8. The molecule has 11 heteroatoms. The smallest absolute Gasteiger partial charge is 0.338 e. The minimum atomic E-state index is -4.62. The third kappa shape index (κ3) is 4.13. The first kappa shape index (κ1) is 22.1. The minimum Gasteiger partial charge on any atom is -0.338 e. The minimum absolute atomic E-state index is 0.0113. The van der Waals surface area contributed by atoms with Crippen molar-refractivity contribution in [2.24, 2.45) is 5.92 Å². The lowest BCUT2D eigenvalue weighted by Crippen LogP contribution is -2.33. The average molecular weight is 473 g/mol. The number of aromatic nitrogens is 3. The number of hydrogen-bond donors (Lipinski definition) is 1. The number of carbonyl (C=O) groups is 2. The van der Waals surface area contributed by atoms with E-state index >= 15 is 0 Å². The molecule has 0 aliphatic carbocycles. The SMILES string of the molecule is O=C(c1ccc2[nH]nnc2c1)N1C=C2CN(C(=O)CCc3ccc(C(F)(F)F)cc3F)C[C@@H]2C1. The maximum atomic E-state index is 14.0. The van der Waals surface area contributed by atoms with Crippen LogP contribution in [0.15, 0.2) is 48.2 Å². The van der Waals surface area contributed by atoms with Crippen LogP contribution < -0.4 is 0 Å². The number of H-pyrrole nitrogens is 1. The summed E-state index contributed by atoms with van der Waals surface area (Å²) in [6.45, 7) is 1.25. The molecule has 0 unspecified atom stereocenters. The molecule has 0 spiro atoms. The molecule has 1 fully saturated rings. The van der Waals surface area contributed by atoms with Crippen LogP contribution in [-0.4, -0.2) is 56.7 Å². The van der Waals surface area contributed by atoms with E-state index < -0.39 is 17.6 Å². The Kier molecular flexibility index (Phi) is 5.34. The van der Waals surface area contributed by atoms with Crippen molar-refractivity contribution in [3.05, 3.63) is 70.7 Å². The highest BCUT2D eigenvalue weighted by Gasteiger charge is 2.37. The summed E-state index contributed by atoms with van der Waals surface area (Å²) in [7, 11) is 0. The number of aromatic amines is 1. The lowest BCUT2D eigenvalue weighted by atomic mass is 10.1. The molecule has 2 aromatic carbocycles. The number of amides is 2. The molecule has 34 heavy (non-hydrogen) atoms. The van der Waals surface area contributed by atoms with Gasteiger partial charge < -0.3 is 9.80 Å². The highest BCUT2D eigenvalue weighted by Crippen LogP contribution is 2.32. The first-order chi connectivity index (χ1) is 16.2. The summed E-state index contributed by atoms with van der Waals surface area (Å²) in [5.41, 5.74) is 1.80.